The second-order valence-corrected chi connectivity index (χ2v) is 7.93. The van der Waals surface area contributed by atoms with E-state index < -0.39 is 29.1 Å². The van der Waals surface area contributed by atoms with Crippen molar-refractivity contribution >= 4 is 35.2 Å². The van der Waals surface area contributed by atoms with Crippen molar-refractivity contribution in [2.75, 3.05) is 23.3 Å². The van der Waals surface area contributed by atoms with E-state index in [4.69, 9.17) is 17.3 Å². The second kappa shape index (κ2) is 8.00. The Balaban J connectivity index is 1.79. The van der Waals surface area contributed by atoms with Gasteiger partial charge in [0.1, 0.15) is 17.6 Å². The van der Waals surface area contributed by atoms with Crippen LogP contribution >= 0.6 is 11.6 Å². The summed E-state index contributed by atoms with van der Waals surface area (Å²) in [6.45, 7) is 0.874. The molecule has 11 heteroatoms. The van der Waals surface area contributed by atoms with E-state index in [2.05, 4.69) is 15.3 Å². The van der Waals surface area contributed by atoms with Gasteiger partial charge in [-0.25, -0.2) is 4.39 Å². The maximum atomic E-state index is 14.7. The maximum absolute atomic E-state index is 14.7. The number of rotatable bonds is 3. The standard InChI is InChI=1S/C20H18ClFN6O3/c21-11-2-1-3-12(22)14(11)13-10(8-23)18(30)25-17-15(13)19(31)27-20(26-17)28-6-4-9(5-7-28)16(24)29/h1-3,9-10,13H,4-7H2,(H2,24,29)(H2,25,26,27,30,31). The molecular formula is C20H18ClFN6O3. The molecule has 4 N–H and O–H groups in total. The molecule has 2 aromatic rings. The van der Waals surface area contributed by atoms with Crippen LogP contribution in [0.3, 0.4) is 0 Å². The summed E-state index contributed by atoms with van der Waals surface area (Å²) in [4.78, 5) is 45.8. The number of carbonyl (C=O) groups is 2. The molecule has 0 bridgehead atoms. The Hall–Kier alpha value is -3.45. The third-order valence-corrected chi connectivity index (χ3v) is 6.09. The fourth-order valence-corrected chi connectivity index (χ4v) is 4.42. The quantitative estimate of drug-likeness (QED) is 0.653. The van der Waals surface area contributed by atoms with Crippen LogP contribution < -0.4 is 21.5 Å². The van der Waals surface area contributed by atoms with Gasteiger partial charge in [0.2, 0.25) is 17.8 Å². The summed E-state index contributed by atoms with van der Waals surface area (Å²) in [6.07, 6.45) is 1.01. The highest BCUT2D eigenvalue weighted by atomic mass is 35.5. The van der Waals surface area contributed by atoms with Gasteiger partial charge >= 0.3 is 0 Å². The number of piperidine rings is 1. The van der Waals surface area contributed by atoms with Gasteiger partial charge in [-0.2, -0.15) is 10.2 Å². The lowest BCUT2D eigenvalue weighted by atomic mass is 9.79. The SMILES string of the molecule is N#CC1C(=O)Nc2nc(N3CCC(C(N)=O)CC3)[nH]c(=O)c2C1c1c(F)cccc1Cl. The molecule has 9 nitrogen and oxygen atoms in total. The van der Waals surface area contributed by atoms with Crippen LogP contribution in [0.25, 0.3) is 0 Å². The van der Waals surface area contributed by atoms with Gasteiger partial charge in [-0.05, 0) is 25.0 Å². The second-order valence-electron chi connectivity index (χ2n) is 7.52. The number of aromatic nitrogens is 2. The number of aromatic amines is 1. The highest BCUT2D eigenvalue weighted by molar-refractivity contribution is 6.31. The Kier molecular flexibility index (Phi) is 5.37. The average Bonchev–Trinajstić information content (AvgIpc) is 2.73. The van der Waals surface area contributed by atoms with Crippen LogP contribution in [0.4, 0.5) is 16.2 Å². The van der Waals surface area contributed by atoms with Crippen LogP contribution in [-0.2, 0) is 9.59 Å². The molecule has 0 aliphatic carbocycles. The Bertz CT molecular complexity index is 1150. The fourth-order valence-electron chi connectivity index (χ4n) is 4.14. The van der Waals surface area contributed by atoms with Crippen LogP contribution in [0.1, 0.15) is 29.9 Å². The van der Waals surface area contributed by atoms with Crippen molar-refractivity contribution in [3.63, 3.8) is 0 Å². The number of anilines is 2. The first-order valence-corrected chi connectivity index (χ1v) is 10.0. The van der Waals surface area contributed by atoms with E-state index in [-0.39, 0.29) is 39.7 Å². The highest BCUT2D eigenvalue weighted by Crippen LogP contribution is 2.42. The number of hydrogen-bond donors (Lipinski definition) is 3. The summed E-state index contributed by atoms with van der Waals surface area (Å²) in [5, 5.41) is 12.1. The number of hydrogen-bond acceptors (Lipinski definition) is 6. The summed E-state index contributed by atoms with van der Waals surface area (Å²) in [5.41, 5.74) is 4.61. The van der Waals surface area contributed by atoms with Crippen molar-refractivity contribution in [1.29, 1.82) is 5.26 Å². The molecule has 31 heavy (non-hydrogen) atoms. The third kappa shape index (κ3) is 3.61. The first-order chi connectivity index (χ1) is 14.8. The summed E-state index contributed by atoms with van der Waals surface area (Å²) in [5.74, 6) is -4.45. The van der Waals surface area contributed by atoms with Gasteiger partial charge in [-0.3, -0.25) is 19.4 Å². The molecule has 2 aliphatic heterocycles. The number of primary amides is 1. The van der Waals surface area contributed by atoms with E-state index in [1.807, 2.05) is 6.07 Å². The number of halogens is 2. The van der Waals surface area contributed by atoms with E-state index in [0.29, 0.717) is 25.9 Å². The number of fused-ring (bicyclic) bond motifs is 1. The number of carbonyl (C=O) groups excluding carboxylic acids is 2. The van der Waals surface area contributed by atoms with Gasteiger partial charge in [0.05, 0.1) is 11.6 Å². The third-order valence-electron chi connectivity index (χ3n) is 5.76. The summed E-state index contributed by atoms with van der Waals surface area (Å²) < 4.78 is 14.7. The summed E-state index contributed by atoms with van der Waals surface area (Å²) in [7, 11) is 0. The van der Waals surface area contributed by atoms with E-state index in [1.165, 1.54) is 12.1 Å². The molecular weight excluding hydrogens is 427 g/mol. The normalized spacial score (nSPS) is 21.2. The molecule has 1 fully saturated rings. The molecule has 2 aliphatic rings. The molecule has 0 radical (unpaired) electrons. The van der Waals surface area contributed by atoms with Crippen molar-refractivity contribution in [1.82, 2.24) is 9.97 Å². The molecule has 2 amide bonds. The minimum atomic E-state index is -1.36. The van der Waals surface area contributed by atoms with Crippen LogP contribution in [0.2, 0.25) is 5.02 Å². The molecule has 2 atom stereocenters. The fraction of sp³-hybridized carbons (Fsp3) is 0.350. The molecule has 1 saturated heterocycles. The van der Waals surface area contributed by atoms with Gasteiger partial charge in [0.15, 0.2) is 0 Å². The Labute approximate surface area is 181 Å². The van der Waals surface area contributed by atoms with Gasteiger partial charge in [-0.1, -0.05) is 17.7 Å². The Morgan fingerprint density at radius 1 is 1.29 bits per heavy atom. The molecule has 160 valence electrons. The molecule has 1 aromatic carbocycles. The van der Waals surface area contributed by atoms with Crippen molar-refractivity contribution in [2.24, 2.45) is 17.6 Å². The predicted molar refractivity (Wildman–Crippen MR) is 110 cm³/mol. The molecule has 3 heterocycles. The van der Waals surface area contributed by atoms with Crippen molar-refractivity contribution in [3.8, 4) is 6.07 Å². The highest BCUT2D eigenvalue weighted by Gasteiger charge is 2.42. The topological polar surface area (TPSA) is 145 Å². The monoisotopic (exact) mass is 444 g/mol. The van der Waals surface area contributed by atoms with E-state index >= 15 is 0 Å². The van der Waals surface area contributed by atoms with Crippen LogP contribution in [-0.4, -0.2) is 34.9 Å². The molecule has 0 saturated carbocycles. The van der Waals surface area contributed by atoms with Gasteiger partial charge < -0.3 is 16.0 Å². The number of nitrogens with two attached hydrogens (primary N) is 1. The largest absolute Gasteiger partial charge is 0.369 e. The smallest absolute Gasteiger partial charge is 0.258 e. The van der Waals surface area contributed by atoms with Gasteiger partial charge in [0.25, 0.3) is 5.56 Å². The lowest BCUT2D eigenvalue weighted by molar-refractivity contribution is -0.122. The van der Waals surface area contributed by atoms with Crippen molar-refractivity contribution < 1.29 is 14.0 Å². The Morgan fingerprint density at radius 2 is 2.00 bits per heavy atom. The maximum Gasteiger partial charge on any atom is 0.258 e. The predicted octanol–water partition coefficient (Wildman–Crippen LogP) is 1.49. The number of amides is 2. The zero-order valence-corrected chi connectivity index (χ0v) is 16.9. The molecule has 4 rings (SSSR count). The van der Waals surface area contributed by atoms with E-state index in [9.17, 15) is 24.0 Å². The molecule has 2 unspecified atom stereocenters. The van der Waals surface area contributed by atoms with Crippen LogP contribution in [0, 0.1) is 29.0 Å². The lowest BCUT2D eigenvalue weighted by Gasteiger charge is -2.33. The first kappa shape index (κ1) is 20.8. The number of nitriles is 1. The van der Waals surface area contributed by atoms with Crippen LogP contribution in [0.15, 0.2) is 23.0 Å². The van der Waals surface area contributed by atoms with Gasteiger partial charge in [-0.15, -0.1) is 0 Å². The Morgan fingerprint density at radius 3 is 2.61 bits per heavy atom. The van der Waals surface area contributed by atoms with Crippen LogP contribution in [0.5, 0.6) is 0 Å². The first-order valence-electron chi connectivity index (χ1n) is 9.64. The van der Waals surface area contributed by atoms with Crippen molar-refractivity contribution in [3.05, 3.63) is 50.5 Å². The van der Waals surface area contributed by atoms with Crippen molar-refractivity contribution in [2.45, 2.75) is 18.8 Å². The zero-order valence-electron chi connectivity index (χ0n) is 16.2. The number of nitrogens with one attached hydrogen (secondary N) is 2. The zero-order chi connectivity index (χ0) is 22.3. The van der Waals surface area contributed by atoms with E-state index in [1.54, 1.807) is 4.90 Å². The summed E-state index contributed by atoms with van der Waals surface area (Å²) >= 11 is 6.18. The average molecular weight is 445 g/mol. The number of nitrogens with zero attached hydrogens (tertiary/aromatic N) is 3. The number of H-pyrrole nitrogens is 1. The number of benzene rings is 1. The van der Waals surface area contributed by atoms with Gasteiger partial charge in [0, 0.05) is 35.5 Å². The summed E-state index contributed by atoms with van der Waals surface area (Å²) in [6, 6.07) is 5.83. The van der Waals surface area contributed by atoms with E-state index in [0.717, 1.165) is 6.07 Å². The minimum absolute atomic E-state index is 0.00269. The lowest BCUT2D eigenvalue weighted by Crippen LogP contribution is -2.42. The molecule has 1 aromatic heterocycles. The molecule has 0 spiro atoms. The minimum Gasteiger partial charge on any atom is -0.369 e.